The van der Waals surface area contributed by atoms with E-state index in [0.29, 0.717) is 5.56 Å². The van der Waals surface area contributed by atoms with Gasteiger partial charge in [0.2, 0.25) is 5.75 Å². The molecule has 1 fully saturated rings. The minimum absolute atomic E-state index is 0.158. The van der Waals surface area contributed by atoms with Crippen molar-refractivity contribution in [2.45, 2.75) is 28.6 Å². The Morgan fingerprint density at radius 3 is 2.78 bits per heavy atom. The lowest BCUT2D eigenvalue weighted by molar-refractivity contribution is -0.0312. The second-order valence-corrected chi connectivity index (χ2v) is 9.85. The summed E-state index contributed by atoms with van der Waals surface area (Å²) < 4.78 is 42.2. The van der Waals surface area contributed by atoms with Gasteiger partial charge in [-0.3, -0.25) is 14.2 Å². The van der Waals surface area contributed by atoms with E-state index in [-0.39, 0.29) is 42.8 Å². The van der Waals surface area contributed by atoms with E-state index in [0.717, 1.165) is 16.5 Å². The van der Waals surface area contributed by atoms with E-state index in [4.69, 9.17) is 9.47 Å². The van der Waals surface area contributed by atoms with E-state index in [1.54, 1.807) is 11.0 Å². The smallest absolute Gasteiger partial charge is 0.318 e. The molecule has 0 spiro atoms. The van der Waals surface area contributed by atoms with Crippen molar-refractivity contribution in [1.82, 2.24) is 14.5 Å². The van der Waals surface area contributed by atoms with Gasteiger partial charge in [0.15, 0.2) is 17.3 Å². The van der Waals surface area contributed by atoms with Gasteiger partial charge in [0.05, 0.1) is 32.4 Å². The topological polar surface area (TPSA) is 93.9 Å². The number of amides is 1. The van der Waals surface area contributed by atoms with Crippen LogP contribution in [0.25, 0.3) is 0 Å². The number of hydrogen-bond donors (Lipinski definition) is 1. The first-order valence-electron chi connectivity index (χ1n) is 11.4. The summed E-state index contributed by atoms with van der Waals surface area (Å²) in [5.41, 5.74) is 0.377. The highest BCUT2D eigenvalue weighted by Crippen LogP contribution is 2.51. The van der Waals surface area contributed by atoms with Crippen LogP contribution < -0.4 is 10.3 Å². The molecule has 0 aliphatic carbocycles. The Balaban J connectivity index is 1.71. The van der Waals surface area contributed by atoms with Crippen LogP contribution in [0.2, 0.25) is 0 Å². The monoisotopic (exact) mass is 513 g/mol. The third-order valence-corrected chi connectivity index (χ3v) is 8.23. The summed E-state index contributed by atoms with van der Waals surface area (Å²) in [7, 11) is 1.32. The number of halogens is 2. The zero-order chi connectivity index (χ0) is 25.1. The minimum atomic E-state index is -0.984. The average molecular weight is 514 g/mol. The fraction of sp³-hybridized carbons (Fsp3) is 0.320. The molecule has 2 aromatic carbocycles. The number of hydrogen-bond acceptors (Lipinski definition) is 7. The first kappa shape index (κ1) is 23.0. The van der Waals surface area contributed by atoms with Crippen molar-refractivity contribution < 1.29 is 28.2 Å². The Morgan fingerprint density at radius 1 is 1.17 bits per heavy atom. The molecule has 186 valence electrons. The third-order valence-electron chi connectivity index (χ3n) is 7.11. The summed E-state index contributed by atoms with van der Waals surface area (Å²) in [5.74, 6) is -3.59. The average Bonchev–Trinajstić information content (AvgIpc) is 3.06. The molecule has 6 rings (SSSR count). The highest BCUT2D eigenvalue weighted by molar-refractivity contribution is 7.98. The standard InChI is InChI=1S/C25H21F2N3O5S/c1-34-25-28-23(32)22(31)21-24(33)29-8-9-35-10-16(29)20(30(21)25)18-12-6-7-15(26)19(27)14(12)11-36-17-5-3-2-4-13(17)18/h2-7,16,18,20,31H,8-11H2,1H3. The Morgan fingerprint density at radius 2 is 1.97 bits per heavy atom. The van der Waals surface area contributed by atoms with Gasteiger partial charge in [0, 0.05) is 28.7 Å². The highest BCUT2D eigenvalue weighted by atomic mass is 32.2. The van der Waals surface area contributed by atoms with E-state index < -0.39 is 46.9 Å². The first-order valence-corrected chi connectivity index (χ1v) is 12.4. The van der Waals surface area contributed by atoms with E-state index >= 15 is 4.39 Å². The second-order valence-electron chi connectivity index (χ2n) is 8.84. The van der Waals surface area contributed by atoms with Crippen LogP contribution in [0, 0.1) is 11.6 Å². The number of aromatic hydroxyl groups is 1. The fourth-order valence-electron chi connectivity index (χ4n) is 5.57. The number of morpholine rings is 1. The van der Waals surface area contributed by atoms with Crippen LogP contribution in [0.5, 0.6) is 11.8 Å². The van der Waals surface area contributed by atoms with Crippen molar-refractivity contribution >= 4 is 17.7 Å². The van der Waals surface area contributed by atoms with Crippen molar-refractivity contribution in [3.63, 3.8) is 0 Å². The lowest BCUT2D eigenvalue weighted by Gasteiger charge is -2.48. The van der Waals surface area contributed by atoms with Crippen molar-refractivity contribution in [3.8, 4) is 11.8 Å². The van der Waals surface area contributed by atoms with Crippen LogP contribution in [0.4, 0.5) is 8.78 Å². The molecule has 3 aliphatic heterocycles. The molecule has 36 heavy (non-hydrogen) atoms. The van der Waals surface area contributed by atoms with Crippen LogP contribution in [-0.2, 0) is 10.5 Å². The maximum Gasteiger partial charge on any atom is 0.318 e. The van der Waals surface area contributed by atoms with Crippen molar-refractivity contribution in [3.05, 3.63) is 80.8 Å². The van der Waals surface area contributed by atoms with Gasteiger partial charge in [-0.05, 0) is 23.3 Å². The number of aromatic nitrogens is 2. The summed E-state index contributed by atoms with van der Waals surface area (Å²) in [6.07, 6.45) is 0. The number of nitrogens with zero attached hydrogens (tertiary/aromatic N) is 3. The largest absolute Gasteiger partial charge is 0.501 e. The molecular formula is C25H21F2N3O5S. The van der Waals surface area contributed by atoms with Gasteiger partial charge >= 0.3 is 11.6 Å². The first-order chi connectivity index (χ1) is 17.4. The number of methoxy groups -OCH3 is 1. The number of thioether (sulfide) groups is 1. The van der Waals surface area contributed by atoms with Crippen molar-refractivity contribution in [2.75, 3.05) is 26.9 Å². The maximum absolute atomic E-state index is 15.2. The van der Waals surface area contributed by atoms with Crippen LogP contribution in [0.1, 0.15) is 39.1 Å². The summed E-state index contributed by atoms with van der Waals surface area (Å²) >= 11 is 1.40. The zero-order valence-electron chi connectivity index (χ0n) is 19.1. The SMILES string of the molecule is COc1nc(=O)c(O)c2n1C(C1c3ccccc3SCc3c1ccc(F)c3F)C1COCCN1C2=O. The molecule has 3 aromatic rings. The summed E-state index contributed by atoms with van der Waals surface area (Å²) in [6.45, 7) is 0.693. The maximum atomic E-state index is 15.2. The van der Waals surface area contributed by atoms with Gasteiger partial charge in [0.1, 0.15) is 0 Å². The third kappa shape index (κ3) is 3.26. The molecule has 1 amide bonds. The molecule has 0 saturated carbocycles. The van der Waals surface area contributed by atoms with Gasteiger partial charge in [-0.15, -0.1) is 11.8 Å². The molecule has 1 saturated heterocycles. The van der Waals surface area contributed by atoms with Crippen molar-refractivity contribution in [2.24, 2.45) is 0 Å². The molecule has 0 radical (unpaired) electrons. The van der Waals surface area contributed by atoms with Gasteiger partial charge in [-0.1, -0.05) is 24.3 Å². The minimum Gasteiger partial charge on any atom is -0.501 e. The van der Waals surface area contributed by atoms with Crippen LogP contribution in [0.15, 0.2) is 46.1 Å². The number of carbonyl (C=O) groups excluding carboxylic acids is 1. The molecule has 4 heterocycles. The normalized spacial score (nSPS) is 22.7. The van der Waals surface area contributed by atoms with E-state index in [9.17, 15) is 19.1 Å². The van der Waals surface area contributed by atoms with Crippen LogP contribution in [0.3, 0.4) is 0 Å². The molecule has 11 heteroatoms. The van der Waals surface area contributed by atoms with E-state index in [1.807, 2.05) is 24.3 Å². The quantitative estimate of drug-likeness (QED) is 0.563. The lowest BCUT2D eigenvalue weighted by atomic mass is 9.78. The molecule has 8 nitrogen and oxygen atoms in total. The number of carbonyl (C=O) groups is 1. The second kappa shape index (κ2) is 8.59. The number of fused-ring (bicyclic) bond motifs is 4. The molecule has 1 N–H and O–H groups in total. The van der Waals surface area contributed by atoms with Crippen molar-refractivity contribution in [1.29, 1.82) is 0 Å². The van der Waals surface area contributed by atoms with Gasteiger partial charge in [-0.2, -0.15) is 4.98 Å². The van der Waals surface area contributed by atoms with Gasteiger partial charge in [0.25, 0.3) is 5.91 Å². The Kier molecular flexibility index (Phi) is 5.49. The van der Waals surface area contributed by atoms with Gasteiger partial charge in [-0.25, -0.2) is 8.78 Å². The number of ether oxygens (including phenoxy) is 2. The van der Waals surface area contributed by atoms with Crippen LogP contribution in [-0.4, -0.2) is 58.4 Å². The zero-order valence-corrected chi connectivity index (χ0v) is 19.9. The van der Waals surface area contributed by atoms with Crippen LogP contribution >= 0.6 is 11.8 Å². The molecular weight excluding hydrogens is 492 g/mol. The predicted molar refractivity (Wildman–Crippen MR) is 126 cm³/mol. The van der Waals surface area contributed by atoms with Gasteiger partial charge < -0.3 is 19.5 Å². The Hall–Kier alpha value is -3.44. The molecule has 3 atom stereocenters. The highest BCUT2D eigenvalue weighted by Gasteiger charge is 2.49. The molecule has 1 aromatic heterocycles. The Labute approximate surface area is 208 Å². The number of benzene rings is 2. The Bertz CT molecular complexity index is 1460. The predicted octanol–water partition coefficient (Wildman–Crippen LogP) is 3.07. The molecule has 3 aliphatic rings. The van der Waals surface area contributed by atoms with E-state index in [2.05, 4.69) is 4.98 Å². The summed E-state index contributed by atoms with van der Waals surface area (Å²) in [5, 5.41) is 10.7. The fourth-order valence-corrected chi connectivity index (χ4v) is 6.70. The lowest BCUT2D eigenvalue weighted by Crippen LogP contribution is -2.58. The molecule has 0 bridgehead atoms. The summed E-state index contributed by atoms with van der Waals surface area (Å²) in [6, 6.07) is 8.79. The summed E-state index contributed by atoms with van der Waals surface area (Å²) in [4.78, 5) is 32.3. The molecule has 3 unspecified atom stereocenters. The number of rotatable bonds is 2. The van der Waals surface area contributed by atoms with E-state index in [1.165, 1.54) is 23.4 Å².